The van der Waals surface area contributed by atoms with Crippen LogP contribution in [0, 0.1) is 0 Å². The Balaban J connectivity index is -0.000000143. The van der Waals surface area contributed by atoms with Gasteiger partial charge in [0.15, 0.2) is 0 Å². The number of hydrogen-bond acceptors (Lipinski definition) is 6. The van der Waals surface area contributed by atoms with Crippen LogP contribution in [0.4, 0.5) is 0 Å². The Labute approximate surface area is 93.0 Å². The number of hydrogen-bond donors (Lipinski definition) is 2. The maximum absolute atomic E-state index is 9.78. The first-order chi connectivity index (χ1) is 5.12. The van der Waals surface area contributed by atoms with Gasteiger partial charge >= 0.3 is 23.1 Å². The molecule has 0 amide bonds. The van der Waals surface area contributed by atoms with Crippen molar-refractivity contribution in [1.82, 2.24) is 0 Å². The molecule has 0 heterocycles. The fourth-order valence-electron chi connectivity index (χ4n) is 0. The molecule has 0 aliphatic heterocycles. The van der Waals surface area contributed by atoms with Crippen molar-refractivity contribution in [3.8, 4) is 0 Å². The zero-order valence-electron chi connectivity index (χ0n) is 7.54. The first kappa shape index (κ1) is 19.6. The van der Waals surface area contributed by atoms with Gasteiger partial charge in [-0.05, 0) is 13.3 Å². The molecule has 0 aliphatic carbocycles. The van der Waals surface area contributed by atoms with E-state index in [1.165, 1.54) is 0 Å². The zero-order valence-corrected chi connectivity index (χ0v) is 10.7. The van der Waals surface area contributed by atoms with E-state index in [1.807, 2.05) is 0 Å². The molecular formula is C4H12MgO6P2. The Bertz CT molecular complexity index is 173. The van der Waals surface area contributed by atoms with E-state index in [0.717, 1.165) is 13.3 Å². The van der Waals surface area contributed by atoms with Gasteiger partial charge in [0.05, 0.1) is 12.7 Å². The average molecular weight is 242 g/mol. The molecule has 6 nitrogen and oxygen atoms in total. The number of aliphatic hydroxyl groups is 2. The van der Waals surface area contributed by atoms with Crippen molar-refractivity contribution in [3.05, 3.63) is 0 Å². The SMILES string of the molecule is CP(=O)([O-])CO.CP(=O)([O-])CO.[Mg+2]. The largest absolute Gasteiger partial charge is 2.00 e. The summed E-state index contributed by atoms with van der Waals surface area (Å²) in [5.41, 5.74) is 0. The summed E-state index contributed by atoms with van der Waals surface area (Å²) in [6.45, 7) is 1.99. The zero-order chi connectivity index (χ0) is 10.4. The second kappa shape index (κ2) is 8.38. The molecule has 2 N–H and O–H groups in total. The first-order valence-corrected chi connectivity index (χ1v) is 7.40. The van der Waals surface area contributed by atoms with Crippen LogP contribution in [0.15, 0.2) is 0 Å². The van der Waals surface area contributed by atoms with Gasteiger partial charge in [-0.3, -0.25) is 0 Å². The summed E-state index contributed by atoms with van der Waals surface area (Å²) in [6.07, 6.45) is -1.46. The smallest absolute Gasteiger partial charge is 0.798 e. The van der Waals surface area contributed by atoms with Crippen LogP contribution in [-0.4, -0.2) is 59.3 Å². The summed E-state index contributed by atoms with van der Waals surface area (Å²) in [5.74, 6) is 0. The van der Waals surface area contributed by atoms with E-state index < -0.39 is 27.4 Å². The Kier molecular flexibility index (Phi) is 12.6. The van der Waals surface area contributed by atoms with Crippen LogP contribution >= 0.6 is 14.7 Å². The Hall–Kier alpha value is 1.07. The minimum atomic E-state index is -3.34. The van der Waals surface area contributed by atoms with E-state index in [2.05, 4.69) is 0 Å². The standard InChI is InChI=1S/2C2H7O3P.Mg/c2*1-6(4,5)2-3;/h2*3H,2H2,1H3,(H,4,5);/q;;+2/p-2. The van der Waals surface area contributed by atoms with Crippen molar-refractivity contribution in [2.75, 3.05) is 26.0 Å². The molecule has 0 aliphatic rings. The van der Waals surface area contributed by atoms with Crippen LogP contribution in [0.1, 0.15) is 0 Å². The third-order valence-electron chi connectivity index (χ3n) is 0.514. The molecule has 0 aromatic carbocycles. The maximum atomic E-state index is 9.78. The Morgan fingerprint density at radius 2 is 1.08 bits per heavy atom. The summed E-state index contributed by atoms with van der Waals surface area (Å²) in [5, 5.41) is 15.7. The maximum Gasteiger partial charge on any atom is 2.00 e. The fourth-order valence-corrected chi connectivity index (χ4v) is 0. The molecule has 0 fully saturated rings. The second-order valence-corrected chi connectivity index (χ2v) is 6.93. The molecule has 0 rings (SSSR count). The molecule has 2 unspecified atom stereocenters. The molecule has 0 spiro atoms. The van der Waals surface area contributed by atoms with Crippen molar-refractivity contribution in [3.63, 3.8) is 0 Å². The molecule has 13 heavy (non-hydrogen) atoms. The third kappa shape index (κ3) is 32.0. The quantitative estimate of drug-likeness (QED) is 0.428. The fraction of sp³-hybridized carbons (Fsp3) is 1.00. The van der Waals surface area contributed by atoms with Gasteiger partial charge < -0.3 is 29.1 Å². The molecule has 0 aromatic heterocycles. The molecule has 2 atom stereocenters. The predicted octanol–water partition coefficient (Wildman–Crippen LogP) is -1.97. The van der Waals surface area contributed by atoms with E-state index in [0.29, 0.717) is 0 Å². The van der Waals surface area contributed by atoms with Crippen LogP contribution in [0.25, 0.3) is 0 Å². The van der Waals surface area contributed by atoms with Gasteiger partial charge in [-0.2, -0.15) is 0 Å². The average Bonchev–Trinajstić information content (AvgIpc) is 1.86. The van der Waals surface area contributed by atoms with Crippen molar-refractivity contribution >= 4 is 37.8 Å². The minimum Gasteiger partial charge on any atom is -0.798 e. The molecule has 76 valence electrons. The van der Waals surface area contributed by atoms with Gasteiger partial charge in [0.25, 0.3) is 0 Å². The van der Waals surface area contributed by atoms with Crippen molar-refractivity contribution in [1.29, 1.82) is 0 Å². The van der Waals surface area contributed by atoms with Gasteiger partial charge in [0, 0.05) is 14.7 Å². The van der Waals surface area contributed by atoms with Gasteiger partial charge in [-0.1, -0.05) is 0 Å². The number of rotatable bonds is 2. The molecule has 0 aromatic rings. The van der Waals surface area contributed by atoms with Crippen LogP contribution in [0.2, 0.25) is 0 Å². The van der Waals surface area contributed by atoms with E-state index >= 15 is 0 Å². The Morgan fingerprint density at radius 3 is 1.08 bits per heavy atom. The van der Waals surface area contributed by atoms with Gasteiger partial charge in [-0.15, -0.1) is 0 Å². The van der Waals surface area contributed by atoms with Crippen molar-refractivity contribution in [2.24, 2.45) is 0 Å². The normalized spacial score (nSPS) is 18.3. The molecule has 9 heteroatoms. The molecule has 0 radical (unpaired) electrons. The molecule has 0 bridgehead atoms. The van der Waals surface area contributed by atoms with Crippen LogP contribution < -0.4 is 9.79 Å². The molecule has 0 saturated heterocycles. The van der Waals surface area contributed by atoms with E-state index in [-0.39, 0.29) is 23.1 Å². The summed E-state index contributed by atoms with van der Waals surface area (Å²) in [4.78, 5) is 19.6. The van der Waals surface area contributed by atoms with E-state index in [4.69, 9.17) is 10.2 Å². The van der Waals surface area contributed by atoms with Crippen molar-refractivity contribution in [2.45, 2.75) is 0 Å². The van der Waals surface area contributed by atoms with E-state index in [9.17, 15) is 18.9 Å². The first-order valence-electron chi connectivity index (χ1n) is 2.89. The van der Waals surface area contributed by atoms with Crippen LogP contribution in [-0.2, 0) is 9.13 Å². The second-order valence-electron chi connectivity index (χ2n) is 2.31. The predicted molar refractivity (Wildman–Crippen MR) is 47.0 cm³/mol. The van der Waals surface area contributed by atoms with Gasteiger partial charge in [0.2, 0.25) is 0 Å². The summed E-state index contributed by atoms with van der Waals surface area (Å²) in [6, 6.07) is 0. The van der Waals surface area contributed by atoms with E-state index in [1.54, 1.807) is 0 Å². The topological polar surface area (TPSA) is 121 Å². The Morgan fingerprint density at radius 1 is 1.00 bits per heavy atom. The summed E-state index contributed by atoms with van der Waals surface area (Å²) < 4.78 is 19.6. The minimum absolute atomic E-state index is 0. The van der Waals surface area contributed by atoms with Crippen molar-refractivity contribution < 1.29 is 29.1 Å². The van der Waals surface area contributed by atoms with Gasteiger partial charge in [0.1, 0.15) is 0 Å². The molecular weight excluding hydrogens is 230 g/mol. The van der Waals surface area contributed by atoms with Crippen LogP contribution in [0.3, 0.4) is 0 Å². The van der Waals surface area contributed by atoms with Crippen LogP contribution in [0.5, 0.6) is 0 Å². The van der Waals surface area contributed by atoms with Gasteiger partial charge in [-0.25, -0.2) is 0 Å². The monoisotopic (exact) mass is 242 g/mol. The summed E-state index contributed by atoms with van der Waals surface area (Å²) >= 11 is 0. The third-order valence-corrected chi connectivity index (χ3v) is 1.54. The summed E-state index contributed by atoms with van der Waals surface area (Å²) in [7, 11) is -6.68. The number of aliphatic hydroxyl groups excluding tert-OH is 2. The molecule has 0 saturated carbocycles.